The van der Waals surface area contributed by atoms with Crippen LogP contribution in [0.25, 0.3) is 0 Å². The summed E-state index contributed by atoms with van der Waals surface area (Å²) in [6, 6.07) is 8.95. The van der Waals surface area contributed by atoms with Crippen LogP contribution in [0.3, 0.4) is 0 Å². The third kappa shape index (κ3) is 6.29. The first-order chi connectivity index (χ1) is 10.1. The molecule has 0 fully saturated rings. The molecule has 0 saturated carbocycles. The average molecular weight is 293 g/mol. The number of ether oxygens (including phenoxy) is 1. The summed E-state index contributed by atoms with van der Waals surface area (Å²) in [5.41, 5.74) is 0.893. The molecule has 116 valence electrons. The Labute approximate surface area is 125 Å². The first-order valence-electron chi connectivity index (χ1n) is 7.25. The largest absolute Gasteiger partial charge is 0.481 e. The molecule has 1 aromatic rings. The normalized spacial score (nSPS) is 12.0. The second-order valence-electron chi connectivity index (χ2n) is 4.99. The summed E-state index contributed by atoms with van der Waals surface area (Å²) in [7, 11) is 0. The van der Waals surface area contributed by atoms with Gasteiger partial charge in [-0.2, -0.15) is 0 Å². The Kier molecular flexibility index (Phi) is 7.29. The maximum atomic E-state index is 11.8. The van der Waals surface area contributed by atoms with Crippen LogP contribution in [-0.4, -0.2) is 23.2 Å². The van der Waals surface area contributed by atoms with Crippen LogP contribution in [0.5, 0.6) is 0 Å². The van der Waals surface area contributed by atoms with E-state index < -0.39 is 18.1 Å². The third-order valence-corrected chi connectivity index (χ3v) is 3.53. The minimum absolute atomic E-state index is 0.0905. The summed E-state index contributed by atoms with van der Waals surface area (Å²) in [4.78, 5) is 22.7. The first kappa shape index (κ1) is 17.0. The van der Waals surface area contributed by atoms with Gasteiger partial charge in [-0.3, -0.25) is 4.79 Å². The van der Waals surface area contributed by atoms with Gasteiger partial charge in [0.2, 0.25) is 0 Å². The lowest BCUT2D eigenvalue weighted by Crippen LogP contribution is -2.41. The number of nitrogens with one attached hydrogen (secondary N) is 1. The molecule has 0 aliphatic carbocycles. The van der Waals surface area contributed by atoms with E-state index in [9.17, 15) is 9.59 Å². The van der Waals surface area contributed by atoms with Crippen LogP contribution >= 0.6 is 0 Å². The number of carbonyl (C=O) groups is 2. The van der Waals surface area contributed by atoms with Crippen molar-refractivity contribution in [3.8, 4) is 0 Å². The highest BCUT2D eigenvalue weighted by Crippen LogP contribution is 2.16. The van der Waals surface area contributed by atoms with E-state index >= 15 is 0 Å². The van der Waals surface area contributed by atoms with Gasteiger partial charge >= 0.3 is 12.1 Å². The monoisotopic (exact) mass is 293 g/mol. The third-order valence-electron chi connectivity index (χ3n) is 3.53. The highest BCUT2D eigenvalue weighted by atomic mass is 16.5. The van der Waals surface area contributed by atoms with Gasteiger partial charge in [0.1, 0.15) is 6.61 Å². The first-order valence-corrected chi connectivity index (χ1v) is 7.25. The summed E-state index contributed by atoms with van der Waals surface area (Å²) < 4.78 is 5.14. The van der Waals surface area contributed by atoms with E-state index in [2.05, 4.69) is 5.32 Å². The molecule has 1 amide bonds. The van der Waals surface area contributed by atoms with Crippen LogP contribution in [0, 0.1) is 5.92 Å². The second-order valence-corrected chi connectivity index (χ2v) is 4.99. The molecule has 1 aromatic carbocycles. The van der Waals surface area contributed by atoms with E-state index in [0.717, 1.165) is 18.4 Å². The molecule has 1 rings (SSSR count). The van der Waals surface area contributed by atoms with Crippen LogP contribution < -0.4 is 5.32 Å². The topological polar surface area (TPSA) is 75.6 Å². The maximum Gasteiger partial charge on any atom is 0.407 e. The van der Waals surface area contributed by atoms with Gasteiger partial charge in [-0.05, 0) is 11.5 Å². The Morgan fingerprint density at radius 3 is 2.33 bits per heavy atom. The number of carbonyl (C=O) groups excluding carboxylic acids is 1. The summed E-state index contributed by atoms with van der Waals surface area (Å²) in [5.74, 6) is -0.791. The maximum absolute atomic E-state index is 11.8. The quantitative estimate of drug-likeness (QED) is 0.771. The molecule has 0 bridgehead atoms. The number of hydrogen-bond acceptors (Lipinski definition) is 3. The zero-order chi connectivity index (χ0) is 15.7. The zero-order valence-corrected chi connectivity index (χ0v) is 12.5. The van der Waals surface area contributed by atoms with Gasteiger partial charge in [0, 0.05) is 6.04 Å². The smallest absolute Gasteiger partial charge is 0.407 e. The van der Waals surface area contributed by atoms with Crippen molar-refractivity contribution in [3.05, 3.63) is 35.9 Å². The van der Waals surface area contributed by atoms with Crippen molar-refractivity contribution in [3.63, 3.8) is 0 Å². The van der Waals surface area contributed by atoms with Crippen molar-refractivity contribution in [1.29, 1.82) is 0 Å². The van der Waals surface area contributed by atoms with Crippen molar-refractivity contribution in [1.82, 2.24) is 5.32 Å². The van der Waals surface area contributed by atoms with Crippen LogP contribution in [0.1, 0.15) is 38.7 Å². The molecule has 21 heavy (non-hydrogen) atoms. The van der Waals surface area contributed by atoms with Crippen LogP contribution in [-0.2, 0) is 16.1 Å². The minimum Gasteiger partial charge on any atom is -0.481 e. The van der Waals surface area contributed by atoms with E-state index in [-0.39, 0.29) is 18.9 Å². The van der Waals surface area contributed by atoms with Crippen molar-refractivity contribution >= 4 is 12.1 Å². The summed E-state index contributed by atoms with van der Waals surface area (Å²) in [6.45, 7) is 4.15. The molecule has 0 aliphatic heterocycles. The average Bonchev–Trinajstić information content (AvgIpc) is 2.47. The molecule has 0 heterocycles. The number of rotatable bonds is 8. The molecule has 0 radical (unpaired) electrons. The highest BCUT2D eigenvalue weighted by Gasteiger charge is 2.23. The van der Waals surface area contributed by atoms with E-state index in [1.807, 2.05) is 44.2 Å². The van der Waals surface area contributed by atoms with E-state index in [4.69, 9.17) is 9.84 Å². The fraction of sp³-hybridized carbons (Fsp3) is 0.500. The van der Waals surface area contributed by atoms with Crippen LogP contribution in [0.2, 0.25) is 0 Å². The molecule has 0 saturated heterocycles. The van der Waals surface area contributed by atoms with Gasteiger partial charge in [0.05, 0.1) is 6.42 Å². The number of carboxylic acids is 1. The fourth-order valence-electron chi connectivity index (χ4n) is 2.30. The minimum atomic E-state index is -0.921. The molecule has 0 spiro atoms. The number of alkyl carbamates (subject to hydrolysis) is 1. The Bertz CT molecular complexity index is 443. The molecule has 5 heteroatoms. The predicted molar refractivity (Wildman–Crippen MR) is 79.9 cm³/mol. The highest BCUT2D eigenvalue weighted by molar-refractivity contribution is 5.71. The fourth-order valence-corrected chi connectivity index (χ4v) is 2.30. The van der Waals surface area contributed by atoms with Crippen molar-refractivity contribution < 1.29 is 19.4 Å². The second kappa shape index (κ2) is 9.00. The van der Waals surface area contributed by atoms with Gasteiger partial charge in [0.15, 0.2) is 0 Å². The van der Waals surface area contributed by atoms with Crippen molar-refractivity contribution in [2.75, 3.05) is 0 Å². The molecule has 0 aliphatic rings. The van der Waals surface area contributed by atoms with Crippen molar-refractivity contribution in [2.45, 2.75) is 45.8 Å². The van der Waals surface area contributed by atoms with E-state index in [0.29, 0.717) is 0 Å². The number of hydrogen-bond donors (Lipinski definition) is 2. The Hall–Kier alpha value is -2.04. The summed E-state index contributed by atoms with van der Waals surface area (Å²) in [6.07, 6.45) is 0.963. The number of carboxylic acid groups (broad SMARTS) is 1. The lowest BCUT2D eigenvalue weighted by molar-refractivity contribution is -0.137. The molecule has 5 nitrogen and oxygen atoms in total. The molecular weight excluding hydrogens is 270 g/mol. The predicted octanol–water partition coefficient (Wildman–Crippen LogP) is 3.19. The lowest BCUT2D eigenvalue weighted by Gasteiger charge is -2.24. The van der Waals surface area contributed by atoms with Gasteiger partial charge in [-0.1, -0.05) is 57.0 Å². The van der Waals surface area contributed by atoms with Crippen LogP contribution in [0.4, 0.5) is 4.79 Å². The van der Waals surface area contributed by atoms with Gasteiger partial charge < -0.3 is 15.2 Å². The van der Waals surface area contributed by atoms with Gasteiger partial charge in [-0.25, -0.2) is 4.79 Å². The molecular formula is C16H23NO4. The van der Waals surface area contributed by atoms with E-state index in [1.165, 1.54) is 0 Å². The van der Waals surface area contributed by atoms with Crippen LogP contribution in [0.15, 0.2) is 30.3 Å². The lowest BCUT2D eigenvalue weighted by atomic mass is 9.92. The molecule has 0 aromatic heterocycles. The molecule has 1 atom stereocenters. The Balaban J connectivity index is 2.53. The molecule has 0 unspecified atom stereocenters. The van der Waals surface area contributed by atoms with Gasteiger partial charge in [-0.15, -0.1) is 0 Å². The standard InChI is InChI=1S/C16H23NO4/c1-3-13(4-2)14(10-15(18)19)17-16(20)21-11-12-8-6-5-7-9-12/h5-9,13-14H,3-4,10-11H2,1-2H3,(H,17,20)(H,18,19)/t14-/m1/s1. The van der Waals surface area contributed by atoms with E-state index in [1.54, 1.807) is 0 Å². The Morgan fingerprint density at radius 2 is 1.81 bits per heavy atom. The summed E-state index contributed by atoms with van der Waals surface area (Å²) >= 11 is 0. The molecule has 2 N–H and O–H groups in total. The zero-order valence-electron chi connectivity index (χ0n) is 12.5. The SMILES string of the molecule is CCC(CC)[C@@H](CC(=O)O)NC(=O)OCc1ccccc1. The summed E-state index contributed by atoms with van der Waals surface area (Å²) in [5, 5.41) is 11.6. The Morgan fingerprint density at radius 1 is 1.19 bits per heavy atom. The number of amides is 1. The number of aliphatic carboxylic acids is 1. The number of benzene rings is 1. The van der Waals surface area contributed by atoms with Crippen molar-refractivity contribution in [2.24, 2.45) is 5.92 Å². The van der Waals surface area contributed by atoms with Gasteiger partial charge in [0.25, 0.3) is 0 Å².